The van der Waals surface area contributed by atoms with Crippen LogP contribution in [0.3, 0.4) is 0 Å². The monoisotopic (exact) mass is 406 g/mol. The van der Waals surface area contributed by atoms with Gasteiger partial charge in [-0.15, -0.1) is 0 Å². The molecule has 0 saturated heterocycles. The standard InChI is InChI=1S/C24H18N6O/c31-24(14-8-11-26-27-12-14)30-22-16-5-2-1-4-15(16)21-17(22)6-3-7-18(21)23-28-19-9-10-25-13-20(19)29-23/h1-7,9-10,12-13,22H,8,11H2,(H,28,29)(H,30,31). The van der Waals surface area contributed by atoms with Gasteiger partial charge < -0.3 is 10.3 Å². The van der Waals surface area contributed by atoms with Crippen LogP contribution in [0.15, 0.2) is 82.9 Å². The van der Waals surface area contributed by atoms with Gasteiger partial charge in [-0.2, -0.15) is 10.2 Å². The molecular weight excluding hydrogens is 388 g/mol. The summed E-state index contributed by atoms with van der Waals surface area (Å²) in [4.78, 5) is 25.3. The molecule has 0 bridgehead atoms. The Morgan fingerprint density at radius 3 is 2.77 bits per heavy atom. The summed E-state index contributed by atoms with van der Waals surface area (Å²) in [5, 5.41) is 11.0. The van der Waals surface area contributed by atoms with E-state index in [0.29, 0.717) is 18.5 Å². The molecule has 2 aromatic heterocycles. The number of nitrogens with zero attached hydrogens (tertiary/aromatic N) is 4. The molecular formula is C24H18N6O. The number of fused-ring (bicyclic) bond motifs is 4. The first-order valence-corrected chi connectivity index (χ1v) is 10.2. The fourth-order valence-corrected chi connectivity index (χ4v) is 4.39. The summed E-state index contributed by atoms with van der Waals surface area (Å²) < 4.78 is 0. The first kappa shape index (κ1) is 17.7. The third kappa shape index (κ3) is 2.85. The average molecular weight is 406 g/mol. The fourth-order valence-electron chi connectivity index (χ4n) is 4.39. The first-order valence-electron chi connectivity index (χ1n) is 10.2. The van der Waals surface area contributed by atoms with Crippen LogP contribution in [-0.4, -0.2) is 27.4 Å². The summed E-state index contributed by atoms with van der Waals surface area (Å²) in [7, 11) is 0. The van der Waals surface area contributed by atoms with Crippen LogP contribution in [0.1, 0.15) is 23.6 Å². The summed E-state index contributed by atoms with van der Waals surface area (Å²) >= 11 is 0. The number of rotatable bonds is 3. The van der Waals surface area contributed by atoms with E-state index in [1.165, 1.54) is 0 Å². The molecule has 1 amide bonds. The zero-order chi connectivity index (χ0) is 20.8. The summed E-state index contributed by atoms with van der Waals surface area (Å²) in [5.41, 5.74) is 7.76. The van der Waals surface area contributed by atoms with Crippen LogP contribution in [0.5, 0.6) is 0 Å². The van der Waals surface area contributed by atoms with Crippen molar-refractivity contribution in [2.45, 2.75) is 12.5 Å². The number of azo groups is 1. The maximum Gasteiger partial charge on any atom is 0.249 e. The number of imidazole rings is 1. The highest BCUT2D eigenvalue weighted by Crippen LogP contribution is 2.47. The zero-order valence-corrected chi connectivity index (χ0v) is 16.5. The second kappa shape index (κ2) is 6.98. The lowest BCUT2D eigenvalue weighted by Gasteiger charge is -2.17. The highest BCUT2D eigenvalue weighted by Gasteiger charge is 2.32. The third-order valence-electron chi connectivity index (χ3n) is 5.83. The molecule has 150 valence electrons. The van der Waals surface area contributed by atoms with Gasteiger partial charge in [0.05, 0.1) is 36.0 Å². The number of aromatic nitrogens is 3. The van der Waals surface area contributed by atoms with E-state index in [-0.39, 0.29) is 11.9 Å². The zero-order valence-electron chi connectivity index (χ0n) is 16.5. The van der Waals surface area contributed by atoms with Crippen molar-refractivity contribution in [3.8, 4) is 22.5 Å². The van der Waals surface area contributed by atoms with Crippen molar-refractivity contribution < 1.29 is 4.79 Å². The summed E-state index contributed by atoms with van der Waals surface area (Å²) in [6.07, 6.45) is 5.67. The Balaban J connectivity index is 1.48. The molecule has 6 rings (SSSR count). The quantitative estimate of drug-likeness (QED) is 0.522. The minimum Gasteiger partial charge on any atom is -0.341 e. The Kier molecular flexibility index (Phi) is 3.99. The van der Waals surface area contributed by atoms with E-state index in [1.807, 2.05) is 24.3 Å². The van der Waals surface area contributed by atoms with Gasteiger partial charge in [0.1, 0.15) is 5.82 Å². The summed E-state index contributed by atoms with van der Waals surface area (Å²) in [6, 6.07) is 16.0. The SMILES string of the molecule is O=C(NC1c2ccccc2-c2c(-c3nc4ccncc4[nH]3)cccc21)C1=CN=NCC1. The van der Waals surface area contributed by atoms with Crippen molar-refractivity contribution >= 4 is 16.9 Å². The fraction of sp³-hybridized carbons (Fsp3) is 0.125. The van der Waals surface area contributed by atoms with Crippen molar-refractivity contribution in [2.24, 2.45) is 10.2 Å². The van der Waals surface area contributed by atoms with Crippen LogP contribution in [0.25, 0.3) is 33.5 Å². The molecule has 3 heterocycles. The van der Waals surface area contributed by atoms with E-state index in [0.717, 1.165) is 44.7 Å². The highest BCUT2D eigenvalue weighted by atomic mass is 16.1. The van der Waals surface area contributed by atoms with Crippen LogP contribution < -0.4 is 5.32 Å². The van der Waals surface area contributed by atoms with E-state index >= 15 is 0 Å². The number of H-pyrrole nitrogens is 1. The molecule has 2 aliphatic rings. The molecule has 0 fully saturated rings. The molecule has 0 saturated carbocycles. The summed E-state index contributed by atoms with van der Waals surface area (Å²) in [5.74, 6) is 0.684. The molecule has 1 aliphatic heterocycles. The van der Waals surface area contributed by atoms with Gasteiger partial charge in [0.25, 0.3) is 0 Å². The van der Waals surface area contributed by atoms with Gasteiger partial charge in [0.15, 0.2) is 0 Å². The number of nitrogens with one attached hydrogen (secondary N) is 2. The van der Waals surface area contributed by atoms with Crippen molar-refractivity contribution in [3.63, 3.8) is 0 Å². The minimum atomic E-state index is -0.232. The van der Waals surface area contributed by atoms with E-state index in [9.17, 15) is 4.79 Å². The molecule has 1 aliphatic carbocycles. The normalized spacial score (nSPS) is 16.6. The molecule has 7 heteroatoms. The number of hydrogen-bond acceptors (Lipinski definition) is 5. The molecule has 4 aromatic rings. The van der Waals surface area contributed by atoms with Crippen LogP contribution in [0.4, 0.5) is 0 Å². The van der Waals surface area contributed by atoms with Gasteiger partial charge in [-0.05, 0) is 28.3 Å². The second-order valence-corrected chi connectivity index (χ2v) is 7.63. The smallest absolute Gasteiger partial charge is 0.249 e. The largest absolute Gasteiger partial charge is 0.341 e. The predicted molar refractivity (Wildman–Crippen MR) is 117 cm³/mol. The maximum absolute atomic E-state index is 12.9. The van der Waals surface area contributed by atoms with Gasteiger partial charge >= 0.3 is 0 Å². The van der Waals surface area contributed by atoms with E-state index < -0.39 is 0 Å². The first-order chi connectivity index (χ1) is 15.3. The lowest BCUT2D eigenvalue weighted by Crippen LogP contribution is -2.30. The molecule has 1 atom stereocenters. The van der Waals surface area contributed by atoms with E-state index in [2.05, 4.69) is 49.8 Å². The Hall–Kier alpha value is -4.13. The molecule has 2 N–H and O–H groups in total. The topological polar surface area (TPSA) is 95.4 Å². The predicted octanol–water partition coefficient (Wildman–Crippen LogP) is 4.55. The number of pyridine rings is 1. The van der Waals surface area contributed by atoms with Gasteiger partial charge in [0.2, 0.25) is 5.91 Å². The van der Waals surface area contributed by atoms with E-state index in [1.54, 1.807) is 18.6 Å². The number of amides is 1. The maximum atomic E-state index is 12.9. The van der Waals surface area contributed by atoms with Crippen LogP contribution in [0.2, 0.25) is 0 Å². The van der Waals surface area contributed by atoms with Crippen molar-refractivity contribution in [1.82, 2.24) is 20.3 Å². The van der Waals surface area contributed by atoms with Gasteiger partial charge in [0, 0.05) is 23.8 Å². The minimum absolute atomic E-state index is 0.105. The Morgan fingerprint density at radius 2 is 1.90 bits per heavy atom. The van der Waals surface area contributed by atoms with Crippen LogP contribution >= 0.6 is 0 Å². The molecule has 31 heavy (non-hydrogen) atoms. The number of carbonyl (C=O) groups is 1. The van der Waals surface area contributed by atoms with E-state index in [4.69, 9.17) is 4.98 Å². The van der Waals surface area contributed by atoms with Gasteiger partial charge in [-0.3, -0.25) is 9.78 Å². The summed E-state index contributed by atoms with van der Waals surface area (Å²) in [6.45, 7) is 0.544. The van der Waals surface area contributed by atoms with Gasteiger partial charge in [-0.1, -0.05) is 42.5 Å². The molecule has 1 unspecified atom stereocenters. The Bertz CT molecular complexity index is 1370. The average Bonchev–Trinajstić information content (AvgIpc) is 3.39. The van der Waals surface area contributed by atoms with Crippen LogP contribution in [-0.2, 0) is 4.79 Å². The Morgan fingerprint density at radius 1 is 1.03 bits per heavy atom. The lowest BCUT2D eigenvalue weighted by molar-refractivity contribution is -0.118. The molecule has 0 spiro atoms. The number of benzene rings is 2. The van der Waals surface area contributed by atoms with Crippen molar-refractivity contribution in [1.29, 1.82) is 0 Å². The number of carbonyl (C=O) groups excluding carboxylic acids is 1. The van der Waals surface area contributed by atoms with Crippen molar-refractivity contribution in [3.05, 3.63) is 83.8 Å². The molecule has 0 radical (unpaired) electrons. The number of hydrogen-bond donors (Lipinski definition) is 2. The molecule has 2 aromatic carbocycles. The number of aromatic amines is 1. The highest BCUT2D eigenvalue weighted by molar-refractivity contribution is 5.97. The van der Waals surface area contributed by atoms with Crippen molar-refractivity contribution in [2.75, 3.05) is 6.54 Å². The second-order valence-electron chi connectivity index (χ2n) is 7.63. The molecule has 7 nitrogen and oxygen atoms in total. The Labute approximate surface area is 178 Å². The van der Waals surface area contributed by atoms with Gasteiger partial charge in [-0.25, -0.2) is 4.98 Å². The third-order valence-corrected chi connectivity index (χ3v) is 5.83. The van der Waals surface area contributed by atoms with Crippen LogP contribution in [0, 0.1) is 0 Å². The lowest BCUT2D eigenvalue weighted by atomic mass is 9.98.